The molecule has 0 aliphatic rings. The molecule has 0 amide bonds. The first kappa shape index (κ1) is 18.5. The van der Waals surface area contributed by atoms with Crippen LogP contribution in [0.1, 0.15) is 13.3 Å². The molecule has 0 aromatic heterocycles. The Hall–Kier alpha value is -0.540. The van der Waals surface area contributed by atoms with Gasteiger partial charge in [-0.3, -0.25) is 4.79 Å². The third-order valence-electron chi connectivity index (χ3n) is 2.08. The Labute approximate surface area is 107 Å². The summed E-state index contributed by atoms with van der Waals surface area (Å²) in [6, 6.07) is 0. The standard InChI is InChI=1S/C9H10F8OS/c1-4(18)19-3-2-8(14,15)9(16,17)6(11)5(10)7(12)13/h5-7H,2-3H2,1H3. The van der Waals surface area contributed by atoms with Crippen LogP contribution in [0.2, 0.25) is 0 Å². The number of thioether (sulfide) groups is 1. The number of hydrogen-bond donors (Lipinski definition) is 0. The molecule has 0 bridgehead atoms. The second kappa shape index (κ2) is 6.76. The zero-order valence-electron chi connectivity index (χ0n) is 9.49. The van der Waals surface area contributed by atoms with Crippen molar-refractivity contribution in [3.05, 3.63) is 0 Å². The van der Waals surface area contributed by atoms with Crippen molar-refractivity contribution in [3.63, 3.8) is 0 Å². The summed E-state index contributed by atoms with van der Waals surface area (Å²) in [5, 5.41) is -0.633. The van der Waals surface area contributed by atoms with Gasteiger partial charge in [0.05, 0.1) is 0 Å². The predicted octanol–water partition coefficient (Wildman–Crippen LogP) is 3.87. The van der Waals surface area contributed by atoms with Crippen molar-refractivity contribution in [2.45, 2.75) is 44.0 Å². The molecule has 114 valence electrons. The highest BCUT2D eigenvalue weighted by molar-refractivity contribution is 8.13. The summed E-state index contributed by atoms with van der Waals surface area (Å²) in [6.07, 6.45) is -14.1. The number of rotatable bonds is 7. The van der Waals surface area contributed by atoms with E-state index in [2.05, 4.69) is 0 Å². The van der Waals surface area contributed by atoms with E-state index in [4.69, 9.17) is 0 Å². The minimum absolute atomic E-state index is 0.284. The molecular formula is C9H10F8OS. The van der Waals surface area contributed by atoms with Gasteiger partial charge in [0, 0.05) is 19.1 Å². The summed E-state index contributed by atoms with van der Waals surface area (Å²) in [6.45, 7) is 0.993. The average molecular weight is 318 g/mol. The van der Waals surface area contributed by atoms with Crippen molar-refractivity contribution in [3.8, 4) is 0 Å². The predicted molar refractivity (Wildman–Crippen MR) is 53.4 cm³/mol. The number of alkyl halides is 8. The molecule has 0 N–H and O–H groups in total. The molecule has 0 aromatic carbocycles. The van der Waals surface area contributed by atoms with Crippen LogP contribution in [0.4, 0.5) is 35.1 Å². The third kappa shape index (κ3) is 4.81. The maximum Gasteiger partial charge on any atom is 0.343 e. The normalized spacial score (nSPS) is 16.5. The Morgan fingerprint density at radius 2 is 1.58 bits per heavy atom. The molecule has 0 fully saturated rings. The third-order valence-corrected chi connectivity index (χ3v) is 2.89. The van der Waals surface area contributed by atoms with E-state index in [1.807, 2.05) is 0 Å². The fourth-order valence-electron chi connectivity index (χ4n) is 1.02. The molecule has 0 saturated heterocycles. The summed E-state index contributed by atoms with van der Waals surface area (Å²) >= 11 is 0.284. The molecule has 0 heterocycles. The van der Waals surface area contributed by atoms with E-state index >= 15 is 0 Å². The Morgan fingerprint density at radius 1 is 1.11 bits per heavy atom. The monoisotopic (exact) mass is 318 g/mol. The summed E-state index contributed by atoms with van der Waals surface area (Å²) in [5.41, 5.74) is 0. The van der Waals surface area contributed by atoms with Crippen molar-refractivity contribution in [1.29, 1.82) is 0 Å². The average Bonchev–Trinajstić information content (AvgIpc) is 2.25. The molecule has 0 spiro atoms. The van der Waals surface area contributed by atoms with Gasteiger partial charge in [-0.25, -0.2) is 17.6 Å². The van der Waals surface area contributed by atoms with Crippen molar-refractivity contribution < 1.29 is 39.9 Å². The van der Waals surface area contributed by atoms with E-state index < -0.39 is 47.9 Å². The second-order valence-electron chi connectivity index (χ2n) is 3.60. The zero-order chi connectivity index (χ0) is 15.4. The van der Waals surface area contributed by atoms with Gasteiger partial charge in [-0.15, -0.1) is 0 Å². The maximum atomic E-state index is 13.0. The van der Waals surface area contributed by atoms with Crippen LogP contribution >= 0.6 is 11.8 Å². The van der Waals surface area contributed by atoms with E-state index in [1.165, 1.54) is 0 Å². The van der Waals surface area contributed by atoms with E-state index in [-0.39, 0.29) is 11.8 Å². The largest absolute Gasteiger partial charge is 0.343 e. The second-order valence-corrected chi connectivity index (χ2v) is 4.87. The van der Waals surface area contributed by atoms with Crippen LogP contribution in [0.25, 0.3) is 0 Å². The Morgan fingerprint density at radius 3 is 1.95 bits per heavy atom. The van der Waals surface area contributed by atoms with Crippen LogP contribution in [0.3, 0.4) is 0 Å². The van der Waals surface area contributed by atoms with E-state index in [1.54, 1.807) is 0 Å². The maximum absolute atomic E-state index is 13.0. The van der Waals surface area contributed by atoms with Gasteiger partial charge in [-0.05, 0) is 0 Å². The van der Waals surface area contributed by atoms with E-state index in [0.717, 1.165) is 6.92 Å². The number of hydrogen-bond acceptors (Lipinski definition) is 2. The highest BCUT2D eigenvalue weighted by Gasteiger charge is 2.64. The highest BCUT2D eigenvalue weighted by atomic mass is 32.2. The molecule has 10 heteroatoms. The van der Waals surface area contributed by atoms with Gasteiger partial charge in [0.25, 0.3) is 6.43 Å². The molecule has 0 rings (SSSR count). The van der Waals surface area contributed by atoms with Gasteiger partial charge in [0.15, 0.2) is 11.3 Å². The van der Waals surface area contributed by atoms with Crippen LogP contribution in [-0.2, 0) is 4.79 Å². The fourth-order valence-corrected chi connectivity index (χ4v) is 1.66. The molecule has 0 aromatic rings. The zero-order valence-corrected chi connectivity index (χ0v) is 10.3. The molecular weight excluding hydrogens is 308 g/mol. The SMILES string of the molecule is CC(=O)SCCC(F)(F)C(F)(F)C(F)C(F)C(F)F. The van der Waals surface area contributed by atoms with Gasteiger partial charge in [0.2, 0.25) is 6.17 Å². The van der Waals surface area contributed by atoms with Crippen molar-refractivity contribution in [1.82, 2.24) is 0 Å². The summed E-state index contributed by atoms with van der Waals surface area (Å²) in [4.78, 5) is 10.4. The van der Waals surface area contributed by atoms with Gasteiger partial charge in [-0.2, -0.15) is 17.6 Å². The molecule has 2 atom stereocenters. The minimum Gasteiger partial charge on any atom is -0.288 e. The number of carbonyl (C=O) groups excluding carboxylic acids is 1. The van der Waals surface area contributed by atoms with Crippen molar-refractivity contribution >= 4 is 16.9 Å². The minimum atomic E-state index is -5.58. The number of halogens is 8. The number of carbonyl (C=O) groups is 1. The van der Waals surface area contributed by atoms with Crippen molar-refractivity contribution in [2.24, 2.45) is 0 Å². The lowest BCUT2D eigenvalue weighted by Crippen LogP contribution is -2.53. The molecule has 1 nitrogen and oxygen atoms in total. The van der Waals surface area contributed by atoms with Crippen LogP contribution < -0.4 is 0 Å². The molecule has 0 saturated carbocycles. The van der Waals surface area contributed by atoms with Crippen LogP contribution in [-0.4, -0.2) is 41.5 Å². The van der Waals surface area contributed by atoms with Crippen LogP contribution in [0.15, 0.2) is 0 Å². The van der Waals surface area contributed by atoms with Crippen LogP contribution in [0.5, 0.6) is 0 Å². The summed E-state index contributed by atoms with van der Waals surface area (Å²) < 4.78 is 100. The topological polar surface area (TPSA) is 17.1 Å². The first-order valence-corrected chi connectivity index (χ1v) is 5.87. The van der Waals surface area contributed by atoms with Crippen LogP contribution in [0, 0.1) is 0 Å². The molecule has 19 heavy (non-hydrogen) atoms. The Bertz CT molecular complexity index is 309. The van der Waals surface area contributed by atoms with Gasteiger partial charge < -0.3 is 0 Å². The smallest absolute Gasteiger partial charge is 0.288 e. The summed E-state index contributed by atoms with van der Waals surface area (Å²) in [7, 11) is 0. The van der Waals surface area contributed by atoms with Gasteiger partial charge in [0.1, 0.15) is 0 Å². The lowest BCUT2D eigenvalue weighted by molar-refractivity contribution is -0.254. The Kier molecular flexibility index (Phi) is 6.56. The quantitative estimate of drug-likeness (QED) is 0.663. The molecule has 0 radical (unpaired) electrons. The first-order chi connectivity index (χ1) is 8.43. The Balaban J connectivity index is 4.79. The molecule has 0 aliphatic carbocycles. The summed E-state index contributed by atoms with van der Waals surface area (Å²) in [5.74, 6) is -11.4. The molecule has 2 unspecified atom stereocenters. The van der Waals surface area contributed by atoms with E-state index in [9.17, 15) is 39.9 Å². The highest BCUT2D eigenvalue weighted by Crippen LogP contribution is 2.43. The lowest BCUT2D eigenvalue weighted by atomic mass is 10.0. The van der Waals surface area contributed by atoms with Gasteiger partial charge in [-0.1, -0.05) is 11.8 Å². The molecule has 0 aliphatic heterocycles. The lowest BCUT2D eigenvalue weighted by Gasteiger charge is -2.30. The van der Waals surface area contributed by atoms with E-state index in [0.29, 0.717) is 0 Å². The fraction of sp³-hybridized carbons (Fsp3) is 0.889. The van der Waals surface area contributed by atoms with Crippen molar-refractivity contribution in [2.75, 3.05) is 5.75 Å². The van der Waals surface area contributed by atoms with Gasteiger partial charge >= 0.3 is 11.8 Å². The first-order valence-electron chi connectivity index (χ1n) is 4.88.